The van der Waals surface area contributed by atoms with Crippen LogP contribution in [0.2, 0.25) is 0 Å². The highest BCUT2D eigenvalue weighted by molar-refractivity contribution is 5.84. The van der Waals surface area contributed by atoms with Gasteiger partial charge in [-0.15, -0.1) is 0 Å². The monoisotopic (exact) mass is 278 g/mol. The molecule has 4 rings (SSSR count). The van der Waals surface area contributed by atoms with Gasteiger partial charge in [0.05, 0.1) is 0 Å². The van der Waals surface area contributed by atoms with E-state index in [0.717, 1.165) is 29.2 Å². The molecule has 0 fully saturated rings. The lowest BCUT2D eigenvalue weighted by atomic mass is 9.95. The number of hydrogen-bond donors (Lipinski definition) is 0. The fourth-order valence-electron chi connectivity index (χ4n) is 3.14. The highest BCUT2D eigenvalue weighted by Crippen LogP contribution is 2.41. The molecule has 0 aliphatic heterocycles. The maximum Gasteiger partial charge on any atom is 0.126 e. The van der Waals surface area contributed by atoms with Crippen LogP contribution in [-0.4, -0.2) is 0 Å². The van der Waals surface area contributed by atoms with Gasteiger partial charge in [0, 0.05) is 6.07 Å². The summed E-state index contributed by atoms with van der Waals surface area (Å²) in [5.74, 6) is -1.09. The third kappa shape index (κ3) is 1.95. The largest absolute Gasteiger partial charge is 0.207 e. The van der Waals surface area contributed by atoms with Crippen molar-refractivity contribution in [1.29, 1.82) is 0 Å². The topological polar surface area (TPSA) is 0 Å². The second kappa shape index (κ2) is 4.52. The zero-order valence-electron chi connectivity index (χ0n) is 11.2. The third-order valence-corrected chi connectivity index (χ3v) is 4.02. The first-order chi connectivity index (χ1) is 10.2. The van der Waals surface area contributed by atoms with E-state index in [2.05, 4.69) is 18.2 Å². The van der Waals surface area contributed by atoms with Gasteiger partial charge in [-0.3, -0.25) is 0 Å². The van der Waals surface area contributed by atoms with Crippen molar-refractivity contribution in [3.05, 3.63) is 83.4 Å². The van der Waals surface area contributed by atoms with E-state index in [-0.39, 0.29) is 0 Å². The van der Waals surface area contributed by atoms with Gasteiger partial charge in [-0.05, 0) is 51.9 Å². The van der Waals surface area contributed by atoms with E-state index in [4.69, 9.17) is 0 Å². The lowest BCUT2D eigenvalue weighted by molar-refractivity contribution is 0.584. The molecule has 0 saturated heterocycles. The molecule has 3 aromatic rings. The van der Waals surface area contributed by atoms with Gasteiger partial charge in [0.2, 0.25) is 0 Å². The van der Waals surface area contributed by atoms with Crippen LogP contribution in [0.15, 0.2) is 60.7 Å². The fraction of sp³-hybridized carbons (Fsp3) is 0.0526. The molecule has 0 unspecified atom stereocenters. The van der Waals surface area contributed by atoms with Crippen LogP contribution in [0.3, 0.4) is 0 Å². The standard InChI is InChI=1S/C19H12F2/c20-14-8-13(9-15(21)11-14)17-6-3-7-18-16-5-2-1-4-12(16)10-19(17)18/h1-9,11H,10H2. The quantitative estimate of drug-likeness (QED) is 0.449. The van der Waals surface area contributed by atoms with Crippen molar-refractivity contribution < 1.29 is 8.78 Å². The average Bonchev–Trinajstić information content (AvgIpc) is 2.84. The molecule has 0 spiro atoms. The molecule has 0 nitrogen and oxygen atoms in total. The average molecular weight is 278 g/mol. The van der Waals surface area contributed by atoms with Crippen LogP contribution in [0.25, 0.3) is 22.3 Å². The van der Waals surface area contributed by atoms with E-state index in [0.29, 0.717) is 5.56 Å². The Morgan fingerprint density at radius 2 is 1.33 bits per heavy atom. The first-order valence-electron chi connectivity index (χ1n) is 6.89. The summed E-state index contributed by atoms with van der Waals surface area (Å²) in [6.07, 6.45) is 0.805. The Balaban J connectivity index is 1.94. The molecule has 3 aromatic carbocycles. The van der Waals surface area contributed by atoms with Crippen LogP contribution in [0.4, 0.5) is 8.78 Å². The van der Waals surface area contributed by atoms with Crippen LogP contribution in [0.1, 0.15) is 11.1 Å². The normalized spacial score (nSPS) is 12.1. The van der Waals surface area contributed by atoms with Gasteiger partial charge < -0.3 is 0 Å². The lowest BCUT2D eigenvalue weighted by Crippen LogP contribution is -1.90. The van der Waals surface area contributed by atoms with E-state index < -0.39 is 11.6 Å². The molecule has 0 amide bonds. The van der Waals surface area contributed by atoms with Crippen molar-refractivity contribution in [3.8, 4) is 22.3 Å². The van der Waals surface area contributed by atoms with Gasteiger partial charge in [-0.25, -0.2) is 8.78 Å². The molecule has 0 radical (unpaired) electrons. The van der Waals surface area contributed by atoms with Crippen LogP contribution in [0.5, 0.6) is 0 Å². The summed E-state index contributed by atoms with van der Waals surface area (Å²) in [6, 6.07) is 17.9. The second-order valence-electron chi connectivity index (χ2n) is 5.32. The molecular formula is C19H12F2. The summed E-state index contributed by atoms with van der Waals surface area (Å²) in [6.45, 7) is 0. The Labute approximate surface area is 121 Å². The van der Waals surface area contributed by atoms with Crippen molar-refractivity contribution in [3.63, 3.8) is 0 Å². The number of fused-ring (bicyclic) bond motifs is 3. The van der Waals surface area contributed by atoms with Crippen molar-refractivity contribution in [2.24, 2.45) is 0 Å². The van der Waals surface area contributed by atoms with Crippen molar-refractivity contribution >= 4 is 0 Å². The predicted octanol–water partition coefficient (Wildman–Crippen LogP) is 5.20. The number of rotatable bonds is 1. The second-order valence-corrected chi connectivity index (χ2v) is 5.32. The zero-order chi connectivity index (χ0) is 14.4. The highest BCUT2D eigenvalue weighted by Gasteiger charge is 2.21. The van der Waals surface area contributed by atoms with Crippen LogP contribution >= 0.6 is 0 Å². The molecule has 0 bridgehead atoms. The van der Waals surface area contributed by atoms with E-state index >= 15 is 0 Å². The molecule has 0 saturated carbocycles. The predicted molar refractivity (Wildman–Crippen MR) is 80.0 cm³/mol. The molecule has 0 heterocycles. The summed E-state index contributed by atoms with van der Waals surface area (Å²) < 4.78 is 27.0. The summed E-state index contributed by atoms with van der Waals surface area (Å²) in [7, 11) is 0. The first-order valence-corrected chi connectivity index (χ1v) is 6.89. The van der Waals surface area contributed by atoms with Crippen molar-refractivity contribution in [2.45, 2.75) is 6.42 Å². The molecule has 21 heavy (non-hydrogen) atoms. The Hall–Kier alpha value is -2.48. The molecular weight excluding hydrogens is 266 g/mol. The van der Waals surface area contributed by atoms with Crippen molar-refractivity contribution in [1.82, 2.24) is 0 Å². The molecule has 0 aromatic heterocycles. The third-order valence-electron chi connectivity index (χ3n) is 4.02. The van der Waals surface area contributed by atoms with Gasteiger partial charge >= 0.3 is 0 Å². The maximum absolute atomic E-state index is 13.5. The summed E-state index contributed by atoms with van der Waals surface area (Å²) in [5.41, 5.74) is 6.28. The number of halogens is 2. The Morgan fingerprint density at radius 1 is 0.667 bits per heavy atom. The van der Waals surface area contributed by atoms with E-state index in [9.17, 15) is 8.78 Å². The Morgan fingerprint density at radius 3 is 2.14 bits per heavy atom. The van der Waals surface area contributed by atoms with Gasteiger partial charge in [0.15, 0.2) is 0 Å². The van der Waals surface area contributed by atoms with E-state index in [1.807, 2.05) is 24.3 Å². The van der Waals surface area contributed by atoms with Crippen LogP contribution in [-0.2, 0) is 6.42 Å². The number of benzene rings is 3. The van der Waals surface area contributed by atoms with Crippen LogP contribution < -0.4 is 0 Å². The first kappa shape index (κ1) is 12.3. The summed E-state index contributed by atoms with van der Waals surface area (Å²) in [5, 5.41) is 0. The SMILES string of the molecule is Fc1cc(F)cc(-c2cccc3c2Cc2ccccc2-3)c1. The van der Waals surface area contributed by atoms with Gasteiger partial charge in [0.25, 0.3) is 0 Å². The molecule has 0 N–H and O–H groups in total. The minimum Gasteiger partial charge on any atom is -0.207 e. The highest BCUT2D eigenvalue weighted by atomic mass is 19.1. The molecule has 102 valence electrons. The van der Waals surface area contributed by atoms with Crippen molar-refractivity contribution in [2.75, 3.05) is 0 Å². The summed E-state index contributed by atoms with van der Waals surface area (Å²) >= 11 is 0. The van der Waals surface area contributed by atoms with Crippen LogP contribution in [0, 0.1) is 11.6 Å². The van der Waals surface area contributed by atoms with Gasteiger partial charge in [-0.2, -0.15) is 0 Å². The summed E-state index contributed by atoms with van der Waals surface area (Å²) in [4.78, 5) is 0. The zero-order valence-corrected chi connectivity index (χ0v) is 11.2. The van der Waals surface area contributed by atoms with E-state index in [1.54, 1.807) is 0 Å². The molecule has 1 aliphatic rings. The molecule has 2 heteroatoms. The smallest absolute Gasteiger partial charge is 0.126 e. The fourth-order valence-corrected chi connectivity index (χ4v) is 3.14. The molecule has 0 atom stereocenters. The lowest BCUT2D eigenvalue weighted by Gasteiger charge is -2.09. The minimum absolute atomic E-state index is 0.543. The van der Waals surface area contributed by atoms with Gasteiger partial charge in [0.1, 0.15) is 11.6 Å². The molecule has 1 aliphatic carbocycles. The minimum atomic E-state index is -0.543. The van der Waals surface area contributed by atoms with Gasteiger partial charge in [-0.1, -0.05) is 42.5 Å². The number of hydrogen-bond acceptors (Lipinski definition) is 0. The maximum atomic E-state index is 13.5. The Kier molecular flexibility index (Phi) is 2.64. The Bertz CT molecular complexity index is 830. The van der Waals surface area contributed by atoms with E-state index in [1.165, 1.54) is 23.3 Å².